The number of benzene rings is 3. The zero-order valence-corrected chi connectivity index (χ0v) is 38.1. The van der Waals surface area contributed by atoms with E-state index in [1.54, 1.807) is 30.3 Å². The van der Waals surface area contributed by atoms with Gasteiger partial charge in [-0.2, -0.15) is 13.2 Å². The first-order valence-electron chi connectivity index (χ1n) is 19.9. The minimum absolute atomic E-state index is 0.0690. The molecule has 0 aliphatic carbocycles. The lowest BCUT2D eigenvalue weighted by Crippen LogP contribution is -2.69. The summed E-state index contributed by atoms with van der Waals surface area (Å²) in [5, 5.41) is 2.76. The van der Waals surface area contributed by atoms with Gasteiger partial charge < -0.3 is 47.9 Å². The van der Waals surface area contributed by atoms with Crippen LogP contribution in [-0.4, -0.2) is 114 Å². The molecule has 1 amide bonds. The maximum atomic E-state index is 14.3. The van der Waals surface area contributed by atoms with Crippen LogP contribution in [0.25, 0.3) is 0 Å². The van der Waals surface area contributed by atoms with E-state index in [-0.39, 0.29) is 12.2 Å². The van der Waals surface area contributed by atoms with E-state index in [9.17, 15) is 32.3 Å². The molecular weight excluding hydrogens is 948 g/mol. The number of hydrogen-bond acceptors (Lipinski definition) is 15. The zero-order chi connectivity index (χ0) is 47.1. The minimum atomic E-state index is -4.81. The van der Waals surface area contributed by atoms with Crippen molar-refractivity contribution < 1.29 is 75.0 Å². The highest BCUT2D eigenvalue weighted by Crippen LogP contribution is 2.42. The summed E-state index contributed by atoms with van der Waals surface area (Å²) >= 11 is 18.9. The molecule has 65 heavy (non-hydrogen) atoms. The van der Waals surface area contributed by atoms with E-state index in [0.29, 0.717) is 10.5 Å². The highest BCUT2D eigenvalue weighted by molar-refractivity contribution is 7.99. The second-order valence-corrected chi connectivity index (χ2v) is 18.6. The summed E-state index contributed by atoms with van der Waals surface area (Å²) in [4.78, 5) is 56.4. The number of nitrogens with one attached hydrogen (secondary N) is 1. The normalized spacial score (nSPS) is 28.1. The van der Waals surface area contributed by atoms with E-state index in [0.717, 1.165) is 44.7 Å². The van der Waals surface area contributed by atoms with E-state index in [2.05, 4.69) is 10.3 Å². The number of nitrogens with zero attached hydrogens (tertiary/aromatic N) is 1. The fourth-order valence-electron chi connectivity index (χ4n) is 7.19. The molecule has 0 radical (unpaired) electrons. The highest BCUT2D eigenvalue weighted by atomic mass is 35.6. The standard InChI is InChI=1S/C43H44Cl3F3N2O13S/c1-22-14-16-28(17-15-22)65-40-33(51-41(55)58-21-42(44,45)46)37(35-31(62-40)20-57-38(63-35)26-10-6-5-7-11-26)64-39-32(50-18-27-12-8-9-13-29(27)43(47,48)49)36(60-25(4)54)34(59-24(3)53)30(61-39)19-56-23(2)52/h5-18,30-40H,19-21H2,1-4H3,(H,51,55)/t30-,31-,32-,33-,34-,35-,36-,37-,38-,39-,40+/m1/s1. The molecule has 0 bridgehead atoms. The van der Waals surface area contributed by atoms with Crippen LogP contribution in [-0.2, 0) is 63.2 Å². The van der Waals surface area contributed by atoms with E-state index in [4.69, 9.17) is 77.4 Å². The van der Waals surface area contributed by atoms with Crippen LogP contribution in [0.15, 0.2) is 88.8 Å². The highest BCUT2D eigenvalue weighted by Gasteiger charge is 2.57. The average Bonchev–Trinajstić information content (AvgIpc) is 3.24. The number of aryl methyl sites for hydroxylation is 1. The molecule has 1 N–H and O–H groups in total. The Bertz CT molecular complexity index is 2150. The van der Waals surface area contributed by atoms with E-state index in [1.165, 1.54) is 23.9 Å². The van der Waals surface area contributed by atoms with Crippen molar-refractivity contribution in [1.29, 1.82) is 0 Å². The first kappa shape index (κ1) is 50.2. The number of ether oxygens (including phenoxy) is 9. The molecule has 3 aromatic rings. The predicted octanol–water partition coefficient (Wildman–Crippen LogP) is 7.43. The van der Waals surface area contributed by atoms with Gasteiger partial charge in [-0.25, -0.2) is 4.79 Å². The van der Waals surface area contributed by atoms with Crippen molar-refractivity contribution >= 4 is 76.8 Å². The van der Waals surface area contributed by atoms with Gasteiger partial charge >= 0.3 is 30.2 Å². The van der Waals surface area contributed by atoms with Crippen LogP contribution < -0.4 is 5.32 Å². The smallest absolute Gasteiger partial charge is 0.417 e. The summed E-state index contributed by atoms with van der Waals surface area (Å²) in [6, 6.07) is 17.9. The number of carbonyl (C=O) groups is 4. The number of aliphatic imine (C=N–C) groups is 1. The Morgan fingerprint density at radius 2 is 1.49 bits per heavy atom. The third-order valence-corrected chi connectivity index (χ3v) is 11.5. The number of thioether (sulfide) groups is 1. The number of rotatable bonds is 13. The molecule has 0 aromatic heterocycles. The predicted molar refractivity (Wildman–Crippen MR) is 228 cm³/mol. The van der Waals surface area contributed by atoms with Crippen molar-refractivity contribution in [2.45, 2.75) is 109 Å². The monoisotopic (exact) mass is 990 g/mol. The number of amides is 1. The van der Waals surface area contributed by atoms with Crippen molar-refractivity contribution in [3.63, 3.8) is 0 Å². The second kappa shape index (κ2) is 22.1. The SMILES string of the molecule is CC(=O)OC[C@H]1O[C@H](O[C@@H]2[C@@H](NC(=O)OCC(Cl)(Cl)Cl)[C@H](Sc3ccc(C)cc3)O[C@@H]3CO[C@@H](c4ccccc4)O[C@@H]23)[C@H](N=Cc2ccccc2C(F)(F)F)[C@@H](OC(C)=O)[C@@H]1OC(C)=O. The molecule has 22 heteroatoms. The van der Waals surface area contributed by atoms with Gasteiger partial charge in [-0.05, 0) is 25.1 Å². The van der Waals surface area contributed by atoms with Crippen molar-refractivity contribution in [1.82, 2.24) is 5.32 Å². The number of alkyl carbamates (subject to hydrolysis) is 1. The molecule has 3 aromatic carbocycles. The largest absolute Gasteiger partial charge is 0.463 e. The summed E-state index contributed by atoms with van der Waals surface area (Å²) in [5.74, 6) is -2.55. The summed E-state index contributed by atoms with van der Waals surface area (Å²) in [6.45, 7) is 3.80. The van der Waals surface area contributed by atoms with Crippen molar-refractivity contribution in [3.05, 3.63) is 101 Å². The summed E-state index contributed by atoms with van der Waals surface area (Å²) in [5.41, 5.74) is -0.907. The number of halogens is 6. The van der Waals surface area contributed by atoms with Gasteiger partial charge in [0, 0.05) is 43.0 Å². The average molecular weight is 992 g/mol. The molecule has 0 unspecified atom stereocenters. The molecular formula is C43H44Cl3F3N2O13S. The Morgan fingerprint density at radius 1 is 0.831 bits per heavy atom. The van der Waals surface area contributed by atoms with Gasteiger partial charge in [-0.15, -0.1) is 0 Å². The number of fused-ring (bicyclic) bond motifs is 1. The number of carbonyl (C=O) groups excluding carboxylic acids is 4. The van der Waals surface area contributed by atoms with Crippen LogP contribution in [0.2, 0.25) is 0 Å². The summed E-state index contributed by atoms with van der Waals surface area (Å²) in [6.07, 6.45) is -15.9. The third kappa shape index (κ3) is 13.9. The number of esters is 3. The Labute approximate surface area is 390 Å². The van der Waals surface area contributed by atoms with Crippen molar-refractivity contribution in [2.75, 3.05) is 19.8 Å². The molecule has 3 aliphatic heterocycles. The summed E-state index contributed by atoms with van der Waals surface area (Å²) < 4.78 is 95.3. The Balaban J connectivity index is 1.50. The molecule has 15 nitrogen and oxygen atoms in total. The lowest BCUT2D eigenvalue weighted by molar-refractivity contribution is -0.343. The topological polar surface area (TPSA) is 176 Å². The van der Waals surface area contributed by atoms with Gasteiger partial charge in [0.1, 0.15) is 49.1 Å². The molecule has 3 saturated heterocycles. The fourth-order valence-corrected chi connectivity index (χ4v) is 8.48. The maximum absolute atomic E-state index is 14.3. The molecule has 11 atom stereocenters. The molecule has 3 aliphatic rings. The van der Waals surface area contributed by atoms with E-state index in [1.807, 2.05) is 31.2 Å². The van der Waals surface area contributed by atoms with Crippen LogP contribution in [0.3, 0.4) is 0 Å². The molecule has 0 saturated carbocycles. The summed E-state index contributed by atoms with van der Waals surface area (Å²) in [7, 11) is 0. The molecule has 352 valence electrons. The lowest BCUT2D eigenvalue weighted by atomic mass is 9.94. The molecule has 3 fully saturated rings. The first-order valence-corrected chi connectivity index (χ1v) is 22.0. The zero-order valence-electron chi connectivity index (χ0n) is 35.0. The van der Waals surface area contributed by atoms with Gasteiger partial charge in [0.15, 0.2) is 24.8 Å². The van der Waals surface area contributed by atoms with Gasteiger partial charge in [0.2, 0.25) is 3.79 Å². The maximum Gasteiger partial charge on any atom is 0.417 e. The van der Waals surface area contributed by atoms with Crippen LogP contribution >= 0.6 is 46.6 Å². The Morgan fingerprint density at radius 3 is 2.14 bits per heavy atom. The molecule has 3 heterocycles. The van der Waals surface area contributed by atoms with Crippen LogP contribution in [0.1, 0.15) is 49.3 Å². The van der Waals surface area contributed by atoms with Gasteiger partial charge in [-0.1, -0.05) is 113 Å². The second-order valence-electron chi connectivity index (χ2n) is 15.0. The fraction of sp³-hybridized carbons (Fsp3) is 0.465. The van der Waals surface area contributed by atoms with Crippen molar-refractivity contribution in [2.24, 2.45) is 4.99 Å². The van der Waals surface area contributed by atoms with Gasteiger partial charge in [0.25, 0.3) is 0 Å². The lowest BCUT2D eigenvalue weighted by Gasteiger charge is -2.51. The van der Waals surface area contributed by atoms with Crippen LogP contribution in [0.5, 0.6) is 0 Å². The van der Waals surface area contributed by atoms with Crippen LogP contribution in [0.4, 0.5) is 18.0 Å². The Hall–Kier alpha value is -4.18. The Kier molecular flexibility index (Phi) is 17.1. The van der Waals surface area contributed by atoms with Crippen molar-refractivity contribution in [3.8, 4) is 0 Å². The first-order chi connectivity index (χ1) is 30.8. The molecule has 6 rings (SSSR count). The van der Waals surface area contributed by atoms with Gasteiger partial charge in [0.05, 0.1) is 18.2 Å². The number of alkyl halides is 6. The number of hydrogen-bond donors (Lipinski definition) is 1. The van der Waals surface area contributed by atoms with E-state index < -0.39 is 119 Å². The van der Waals surface area contributed by atoms with E-state index >= 15 is 0 Å². The molecule has 0 spiro atoms. The minimum Gasteiger partial charge on any atom is -0.463 e. The third-order valence-electron chi connectivity index (χ3n) is 9.95. The van der Waals surface area contributed by atoms with Crippen LogP contribution in [0, 0.1) is 6.92 Å². The quantitative estimate of drug-likeness (QED) is 0.0774. The van der Waals surface area contributed by atoms with Gasteiger partial charge in [-0.3, -0.25) is 19.4 Å².